The highest BCUT2D eigenvalue weighted by molar-refractivity contribution is 14.0. The van der Waals surface area contributed by atoms with E-state index in [4.69, 9.17) is 4.74 Å². The number of likely N-dealkylation sites (tertiary alicyclic amines) is 2. The molecule has 1 aromatic carbocycles. The second-order valence-electron chi connectivity index (χ2n) is 6.89. The fourth-order valence-corrected chi connectivity index (χ4v) is 3.86. The third-order valence-electron chi connectivity index (χ3n) is 5.19. The highest BCUT2D eigenvalue weighted by Crippen LogP contribution is 2.20. The number of benzene rings is 1. The molecule has 2 aliphatic rings. The van der Waals surface area contributed by atoms with Gasteiger partial charge in [-0.3, -0.25) is 9.89 Å². The van der Waals surface area contributed by atoms with E-state index in [1.165, 1.54) is 38.4 Å². The Balaban J connectivity index is 0.00000243. The van der Waals surface area contributed by atoms with Crippen LogP contribution >= 0.6 is 24.0 Å². The molecule has 0 aliphatic carbocycles. The molecule has 0 saturated carbocycles. The summed E-state index contributed by atoms with van der Waals surface area (Å²) in [4.78, 5) is 9.39. The minimum atomic E-state index is -0.219. The maximum absolute atomic E-state index is 13.7. The third kappa shape index (κ3) is 5.29. The van der Waals surface area contributed by atoms with Gasteiger partial charge in [0.25, 0.3) is 0 Å². The molecule has 5 nitrogen and oxygen atoms in total. The SMILES string of the molecule is CN=C(NCc1ccc(F)c(COC)c1)N1CCC(N2CCCC2)C1.I. The molecule has 0 aromatic heterocycles. The smallest absolute Gasteiger partial charge is 0.193 e. The van der Waals surface area contributed by atoms with Crippen molar-refractivity contribution in [3.63, 3.8) is 0 Å². The summed E-state index contributed by atoms with van der Waals surface area (Å²) < 4.78 is 18.8. The lowest BCUT2D eigenvalue weighted by Gasteiger charge is -2.25. The Morgan fingerprint density at radius 2 is 2.08 bits per heavy atom. The van der Waals surface area contributed by atoms with Crippen molar-refractivity contribution < 1.29 is 9.13 Å². The zero-order valence-corrected chi connectivity index (χ0v) is 18.0. The summed E-state index contributed by atoms with van der Waals surface area (Å²) in [5, 5.41) is 3.42. The van der Waals surface area contributed by atoms with E-state index in [1.54, 1.807) is 7.11 Å². The normalized spacial score (nSPS) is 21.1. The van der Waals surface area contributed by atoms with E-state index in [0.717, 1.165) is 24.6 Å². The molecule has 0 radical (unpaired) electrons. The van der Waals surface area contributed by atoms with Crippen molar-refractivity contribution in [2.24, 2.45) is 4.99 Å². The minimum Gasteiger partial charge on any atom is -0.380 e. The van der Waals surface area contributed by atoms with Crippen molar-refractivity contribution in [2.75, 3.05) is 40.3 Å². The van der Waals surface area contributed by atoms with Crippen molar-refractivity contribution in [3.8, 4) is 0 Å². The molecule has 3 rings (SSSR count). The number of ether oxygens (including phenoxy) is 1. The van der Waals surface area contributed by atoms with Crippen molar-refractivity contribution >= 4 is 29.9 Å². The van der Waals surface area contributed by atoms with Gasteiger partial charge in [-0.25, -0.2) is 4.39 Å². The molecule has 1 atom stereocenters. The number of guanidine groups is 1. The molecular formula is C19H30FIN4O. The zero-order valence-electron chi connectivity index (χ0n) is 15.7. The fourth-order valence-electron chi connectivity index (χ4n) is 3.86. The number of methoxy groups -OCH3 is 1. The number of hydrogen-bond donors (Lipinski definition) is 1. The Morgan fingerprint density at radius 1 is 1.31 bits per heavy atom. The summed E-state index contributed by atoms with van der Waals surface area (Å²) in [6.45, 7) is 5.48. The quantitative estimate of drug-likeness (QED) is 0.403. The van der Waals surface area contributed by atoms with Gasteiger partial charge in [-0.2, -0.15) is 0 Å². The Bertz CT molecular complexity index is 607. The van der Waals surface area contributed by atoms with Gasteiger partial charge >= 0.3 is 0 Å². The molecule has 0 amide bonds. The van der Waals surface area contributed by atoms with Gasteiger partial charge in [-0.1, -0.05) is 6.07 Å². The maximum Gasteiger partial charge on any atom is 0.193 e. The molecule has 146 valence electrons. The summed E-state index contributed by atoms with van der Waals surface area (Å²) >= 11 is 0. The summed E-state index contributed by atoms with van der Waals surface area (Å²) in [5.41, 5.74) is 1.62. The average molecular weight is 476 g/mol. The van der Waals surface area contributed by atoms with Gasteiger partial charge in [0, 0.05) is 45.4 Å². The molecule has 2 fully saturated rings. The van der Waals surface area contributed by atoms with E-state index in [0.29, 0.717) is 18.2 Å². The number of nitrogens with one attached hydrogen (secondary N) is 1. The lowest BCUT2D eigenvalue weighted by molar-refractivity contribution is 0.181. The largest absolute Gasteiger partial charge is 0.380 e. The molecule has 0 spiro atoms. The maximum atomic E-state index is 13.7. The number of nitrogens with zero attached hydrogens (tertiary/aromatic N) is 3. The van der Waals surface area contributed by atoms with Crippen molar-refractivity contribution in [3.05, 3.63) is 35.1 Å². The van der Waals surface area contributed by atoms with Crippen molar-refractivity contribution in [2.45, 2.75) is 38.5 Å². The highest BCUT2D eigenvalue weighted by atomic mass is 127. The van der Waals surface area contributed by atoms with E-state index in [-0.39, 0.29) is 36.4 Å². The van der Waals surface area contributed by atoms with Crippen LogP contribution in [0.4, 0.5) is 4.39 Å². The first-order chi connectivity index (χ1) is 12.2. The Morgan fingerprint density at radius 3 is 2.77 bits per heavy atom. The topological polar surface area (TPSA) is 40.1 Å². The molecule has 1 aromatic rings. The van der Waals surface area contributed by atoms with Crippen LogP contribution in [0, 0.1) is 5.82 Å². The van der Waals surface area contributed by atoms with Crippen LogP contribution in [0.2, 0.25) is 0 Å². The van der Waals surface area contributed by atoms with Gasteiger partial charge in [0.1, 0.15) is 5.82 Å². The molecule has 2 heterocycles. The summed E-state index contributed by atoms with van der Waals surface area (Å²) in [5.74, 6) is 0.710. The number of rotatable bonds is 5. The monoisotopic (exact) mass is 476 g/mol. The van der Waals surface area contributed by atoms with E-state index in [9.17, 15) is 4.39 Å². The van der Waals surface area contributed by atoms with Gasteiger partial charge in [-0.15, -0.1) is 24.0 Å². The fraction of sp³-hybridized carbons (Fsp3) is 0.632. The van der Waals surface area contributed by atoms with Crippen molar-refractivity contribution in [1.29, 1.82) is 0 Å². The van der Waals surface area contributed by atoms with E-state index >= 15 is 0 Å². The molecule has 2 aliphatic heterocycles. The van der Waals surface area contributed by atoms with Gasteiger partial charge in [0.05, 0.1) is 6.61 Å². The zero-order chi connectivity index (χ0) is 17.6. The van der Waals surface area contributed by atoms with E-state index < -0.39 is 0 Å². The van der Waals surface area contributed by atoms with Crippen LogP contribution in [-0.2, 0) is 17.9 Å². The Labute approximate surface area is 173 Å². The van der Waals surface area contributed by atoms with Crippen LogP contribution < -0.4 is 5.32 Å². The van der Waals surface area contributed by atoms with Crippen LogP contribution in [0.15, 0.2) is 23.2 Å². The van der Waals surface area contributed by atoms with E-state index in [1.807, 2.05) is 19.2 Å². The van der Waals surface area contributed by atoms with Gasteiger partial charge in [0.15, 0.2) is 5.96 Å². The Kier molecular flexibility index (Phi) is 8.56. The molecule has 0 bridgehead atoms. The predicted octanol–water partition coefficient (Wildman–Crippen LogP) is 2.84. The lowest BCUT2D eigenvalue weighted by atomic mass is 10.1. The van der Waals surface area contributed by atoms with Crippen LogP contribution in [0.1, 0.15) is 30.4 Å². The third-order valence-corrected chi connectivity index (χ3v) is 5.19. The van der Waals surface area contributed by atoms with Crippen molar-refractivity contribution in [1.82, 2.24) is 15.1 Å². The van der Waals surface area contributed by atoms with Crippen LogP contribution in [0.25, 0.3) is 0 Å². The summed E-state index contributed by atoms with van der Waals surface area (Å²) in [6, 6.07) is 5.83. The van der Waals surface area contributed by atoms with Gasteiger partial charge < -0.3 is 15.0 Å². The molecule has 26 heavy (non-hydrogen) atoms. The van der Waals surface area contributed by atoms with Crippen LogP contribution in [0.5, 0.6) is 0 Å². The first kappa shape index (κ1) is 21.4. The predicted molar refractivity (Wildman–Crippen MR) is 114 cm³/mol. The second kappa shape index (κ2) is 10.4. The standard InChI is InChI=1S/C19H29FN4O.HI/c1-21-19(24-10-7-17(13-24)23-8-3-4-9-23)22-12-15-5-6-18(20)16(11-15)14-25-2;/h5-6,11,17H,3-4,7-10,12-14H2,1-2H3,(H,21,22);1H. The lowest BCUT2D eigenvalue weighted by Crippen LogP contribution is -2.42. The molecule has 7 heteroatoms. The molecule has 1 N–H and O–H groups in total. The highest BCUT2D eigenvalue weighted by Gasteiger charge is 2.30. The molecule has 1 unspecified atom stereocenters. The van der Waals surface area contributed by atoms with Gasteiger partial charge in [0.2, 0.25) is 0 Å². The summed E-state index contributed by atoms with van der Waals surface area (Å²) in [6.07, 6.45) is 3.87. The molecular weight excluding hydrogens is 446 g/mol. The number of hydrogen-bond acceptors (Lipinski definition) is 3. The Hall–Kier alpha value is -0.930. The van der Waals surface area contributed by atoms with E-state index in [2.05, 4.69) is 20.1 Å². The van der Waals surface area contributed by atoms with Gasteiger partial charge in [-0.05, 0) is 50.0 Å². The number of aliphatic imine (C=N–C) groups is 1. The first-order valence-corrected chi connectivity index (χ1v) is 9.17. The first-order valence-electron chi connectivity index (χ1n) is 9.17. The summed E-state index contributed by atoms with van der Waals surface area (Å²) in [7, 11) is 3.41. The second-order valence-corrected chi connectivity index (χ2v) is 6.89. The van der Waals surface area contributed by atoms with Crippen LogP contribution in [-0.4, -0.2) is 62.1 Å². The van der Waals surface area contributed by atoms with Crippen LogP contribution in [0.3, 0.4) is 0 Å². The minimum absolute atomic E-state index is 0. The average Bonchev–Trinajstić information content (AvgIpc) is 3.29. The molecule has 2 saturated heterocycles. The number of halogens is 2.